The van der Waals surface area contributed by atoms with Crippen molar-refractivity contribution in [2.45, 2.75) is 6.42 Å². The molecule has 0 spiro atoms. The fraction of sp³-hybridized carbons (Fsp3) is 0.368. The van der Waals surface area contributed by atoms with Crippen LogP contribution in [0.3, 0.4) is 0 Å². The van der Waals surface area contributed by atoms with E-state index in [4.69, 9.17) is 9.47 Å². The fourth-order valence-corrected chi connectivity index (χ4v) is 4.37. The first-order valence-electron chi connectivity index (χ1n) is 8.34. The van der Waals surface area contributed by atoms with Crippen LogP contribution in [0.1, 0.15) is 27.1 Å². The smallest absolute Gasteiger partial charge is 0.337 e. The summed E-state index contributed by atoms with van der Waals surface area (Å²) >= 11 is 0. The van der Waals surface area contributed by atoms with Crippen LogP contribution in [-0.4, -0.2) is 38.0 Å². The van der Waals surface area contributed by atoms with Crippen LogP contribution in [0.25, 0.3) is 0 Å². The summed E-state index contributed by atoms with van der Waals surface area (Å²) < 4.78 is 9.41. The molecular weight excluding hydrogens is 338 g/mol. The number of hydrogen-bond acceptors (Lipinski definition) is 6. The van der Waals surface area contributed by atoms with Crippen LogP contribution in [0, 0.1) is 23.7 Å². The number of anilines is 1. The highest BCUT2D eigenvalue weighted by Crippen LogP contribution is 2.53. The first-order chi connectivity index (χ1) is 12.5. The van der Waals surface area contributed by atoms with Gasteiger partial charge >= 0.3 is 11.9 Å². The molecular formula is C19H17NO6. The Morgan fingerprint density at radius 3 is 1.77 bits per heavy atom. The Morgan fingerprint density at radius 2 is 1.35 bits per heavy atom. The van der Waals surface area contributed by atoms with Gasteiger partial charge in [-0.1, -0.05) is 12.2 Å². The van der Waals surface area contributed by atoms with Crippen molar-refractivity contribution in [3.8, 4) is 0 Å². The normalized spacial score (nSPS) is 28.5. The third kappa shape index (κ3) is 2.20. The summed E-state index contributed by atoms with van der Waals surface area (Å²) in [5.41, 5.74) is 0.338. The number of fused-ring (bicyclic) bond motifs is 5. The molecule has 2 aliphatic carbocycles. The van der Waals surface area contributed by atoms with Gasteiger partial charge in [-0.05, 0) is 36.5 Å². The van der Waals surface area contributed by atoms with Gasteiger partial charge in [0.1, 0.15) is 0 Å². The Kier molecular flexibility index (Phi) is 3.68. The first-order valence-corrected chi connectivity index (χ1v) is 8.34. The van der Waals surface area contributed by atoms with Crippen molar-refractivity contribution in [2.24, 2.45) is 23.7 Å². The molecule has 1 saturated heterocycles. The molecule has 0 N–H and O–H groups in total. The predicted octanol–water partition coefficient (Wildman–Crippen LogP) is 1.57. The minimum atomic E-state index is -0.668. The van der Waals surface area contributed by atoms with Crippen LogP contribution in [0.5, 0.6) is 0 Å². The quantitative estimate of drug-likeness (QED) is 0.464. The summed E-state index contributed by atoms with van der Waals surface area (Å²) in [5.74, 6) is -2.47. The minimum Gasteiger partial charge on any atom is -0.465 e. The third-order valence-electron chi connectivity index (χ3n) is 5.49. The zero-order chi connectivity index (χ0) is 18.6. The number of esters is 2. The molecule has 4 atom stereocenters. The van der Waals surface area contributed by atoms with E-state index < -0.39 is 11.9 Å². The van der Waals surface area contributed by atoms with Gasteiger partial charge in [-0.2, -0.15) is 0 Å². The van der Waals surface area contributed by atoms with Gasteiger partial charge < -0.3 is 9.47 Å². The van der Waals surface area contributed by atoms with Gasteiger partial charge in [0.05, 0.1) is 42.9 Å². The second kappa shape index (κ2) is 5.79. The van der Waals surface area contributed by atoms with Crippen molar-refractivity contribution in [2.75, 3.05) is 19.1 Å². The number of nitrogens with zero attached hydrogens (tertiary/aromatic N) is 1. The molecule has 2 fully saturated rings. The van der Waals surface area contributed by atoms with E-state index >= 15 is 0 Å². The molecule has 1 saturated carbocycles. The second-order valence-electron chi connectivity index (χ2n) is 6.76. The molecule has 1 aromatic rings. The molecule has 2 bridgehead atoms. The summed E-state index contributed by atoms with van der Waals surface area (Å²) in [7, 11) is 2.43. The van der Waals surface area contributed by atoms with E-state index in [1.165, 1.54) is 32.4 Å². The van der Waals surface area contributed by atoms with Crippen LogP contribution >= 0.6 is 0 Å². The lowest BCUT2D eigenvalue weighted by Crippen LogP contribution is -2.33. The molecule has 7 nitrogen and oxygen atoms in total. The average molecular weight is 355 g/mol. The van der Waals surface area contributed by atoms with Gasteiger partial charge in [-0.25, -0.2) is 14.5 Å². The lowest BCUT2D eigenvalue weighted by molar-refractivity contribution is -0.123. The molecule has 1 aromatic carbocycles. The second-order valence-corrected chi connectivity index (χ2v) is 6.76. The molecule has 26 heavy (non-hydrogen) atoms. The van der Waals surface area contributed by atoms with E-state index in [0.717, 1.165) is 11.3 Å². The maximum atomic E-state index is 12.9. The Labute approximate surface area is 149 Å². The number of imide groups is 1. The number of benzene rings is 1. The van der Waals surface area contributed by atoms with Crippen LogP contribution in [0.4, 0.5) is 5.69 Å². The van der Waals surface area contributed by atoms with E-state index in [1.54, 1.807) is 0 Å². The summed E-state index contributed by atoms with van der Waals surface area (Å²) in [5, 5.41) is 0. The molecule has 2 amide bonds. The molecule has 0 unspecified atom stereocenters. The number of carbonyl (C=O) groups is 4. The van der Waals surface area contributed by atoms with Gasteiger partial charge in [0.15, 0.2) is 0 Å². The molecule has 0 aromatic heterocycles. The molecule has 0 radical (unpaired) electrons. The van der Waals surface area contributed by atoms with Crippen molar-refractivity contribution < 1.29 is 28.7 Å². The SMILES string of the molecule is COC(=O)c1cc(C(=O)OC)cc(N2C(=O)[C@@H]3[C@@H](C2=O)[C@@H]2C=C[C@@H]3C2)c1. The number of methoxy groups -OCH3 is 2. The largest absolute Gasteiger partial charge is 0.465 e. The zero-order valence-electron chi connectivity index (χ0n) is 14.3. The first kappa shape index (κ1) is 16.5. The van der Waals surface area contributed by atoms with Crippen molar-refractivity contribution >= 4 is 29.4 Å². The number of ether oxygens (including phenoxy) is 2. The number of hydrogen-bond donors (Lipinski definition) is 0. The Bertz CT molecular complexity index is 809. The number of allylic oxidation sites excluding steroid dienone is 2. The van der Waals surface area contributed by atoms with Gasteiger partial charge in [0.2, 0.25) is 11.8 Å². The van der Waals surface area contributed by atoms with Crippen LogP contribution in [0.2, 0.25) is 0 Å². The number of amides is 2. The maximum Gasteiger partial charge on any atom is 0.337 e. The third-order valence-corrected chi connectivity index (χ3v) is 5.49. The van der Waals surface area contributed by atoms with Gasteiger partial charge in [0.25, 0.3) is 0 Å². The lowest BCUT2D eigenvalue weighted by atomic mass is 9.85. The van der Waals surface area contributed by atoms with Crippen LogP contribution < -0.4 is 4.90 Å². The Morgan fingerprint density at radius 1 is 0.885 bits per heavy atom. The van der Waals surface area contributed by atoms with Crippen molar-refractivity contribution in [1.82, 2.24) is 0 Å². The van der Waals surface area contributed by atoms with E-state index in [-0.39, 0.29) is 52.3 Å². The molecule has 134 valence electrons. The number of carbonyl (C=O) groups excluding carboxylic acids is 4. The zero-order valence-corrected chi connectivity index (χ0v) is 14.3. The van der Waals surface area contributed by atoms with Gasteiger partial charge in [-0.15, -0.1) is 0 Å². The van der Waals surface area contributed by atoms with Gasteiger partial charge in [0, 0.05) is 0 Å². The summed E-state index contributed by atoms with van der Waals surface area (Å²) in [4.78, 5) is 50.8. The average Bonchev–Trinajstić information content (AvgIpc) is 3.33. The van der Waals surface area contributed by atoms with Crippen molar-refractivity contribution in [3.63, 3.8) is 0 Å². The standard InChI is InChI=1S/C19H17NO6/c1-25-18(23)11-6-12(19(24)26-2)8-13(7-11)20-16(21)14-9-3-4-10(5-9)15(14)17(20)22/h3-4,6-10,14-15H,5H2,1-2H3/t9-,10-,14+,15+/m1/s1. The lowest BCUT2D eigenvalue weighted by Gasteiger charge is -2.18. The topological polar surface area (TPSA) is 90.0 Å². The minimum absolute atomic E-state index is 0.0733. The summed E-state index contributed by atoms with van der Waals surface area (Å²) in [6.45, 7) is 0. The maximum absolute atomic E-state index is 12.9. The predicted molar refractivity (Wildman–Crippen MR) is 89.3 cm³/mol. The molecule has 7 heteroatoms. The van der Waals surface area contributed by atoms with E-state index in [1.807, 2.05) is 12.2 Å². The molecule has 1 aliphatic heterocycles. The Balaban J connectivity index is 1.78. The van der Waals surface area contributed by atoms with Crippen molar-refractivity contribution in [3.05, 3.63) is 41.5 Å². The van der Waals surface area contributed by atoms with Crippen molar-refractivity contribution in [1.29, 1.82) is 0 Å². The summed E-state index contributed by atoms with van der Waals surface area (Å²) in [6.07, 6.45) is 4.84. The molecule has 4 rings (SSSR count). The number of rotatable bonds is 3. The highest BCUT2D eigenvalue weighted by atomic mass is 16.5. The highest BCUT2D eigenvalue weighted by molar-refractivity contribution is 6.23. The monoisotopic (exact) mass is 355 g/mol. The van der Waals surface area contributed by atoms with Crippen LogP contribution in [0.15, 0.2) is 30.4 Å². The Hall–Kier alpha value is -2.96. The fourth-order valence-electron chi connectivity index (χ4n) is 4.37. The molecule has 1 heterocycles. The van der Waals surface area contributed by atoms with Crippen LogP contribution in [-0.2, 0) is 19.1 Å². The molecule has 3 aliphatic rings. The van der Waals surface area contributed by atoms with E-state index in [2.05, 4.69) is 0 Å². The van der Waals surface area contributed by atoms with Gasteiger partial charge in [-0.3, -0.25) is 9.59 Å². The highest BCUT2D eigenvalue weighted by Gasteiger charge is 2.59. The van der Waals surface area contributed by atoms with E-state index in [9.17, 15) is 19.2 Å². The van der Waals surface area contributed by atoms with E-state index in [0.29, 0.717) is 0 Å². The summed E-state index contributed by atoms with van der Waals surface area (Å²) in [6, 6.07) is 4.10.